The Hall–Kier alpha value is -0.910. The predicted octanol–water partition coefficient (Wildman–Crippen LogP) is 3.89. The van der Waals surface area contributed by atoms with Gasteiger partial charge in [-0.05, 0) is 75.1 Å². The van der Waals surface area contributed by atoms with Crippen LogP contribution in [0.5, 0.6) is 0 Å². The maximum absolute atomic E-state index is 11.7. The summed E-state index contributed by atoms with van der Waals surface area (Å²) in [4.78, 5) is 16.8. The third-order valence-electron chi connectivity index (χ3n) is 5.90. The molecule has 2 fully saturated rings. The summed E-state index contributed by atoms with van der Waals surface area (Å²) in [6, 6.07) is 8.60. The summed E-state index contributed by atoms with van der Waals surface area (Å²) in [7, 11) is 0. The number of anilines is 1. The molecule has 3 rings (SSSR count). The van der Waals surface area contributed by atoms with Crippen LogP contribution in [0, 0.1) is 5.92 Å². The normalized spacial score (nSPS) is 24.0. The molecule has 1 aliphatic carbocycles. The van der Waals surface area contributed by atoms with Crippen LogP contribution in [0.25, 0.3) is 0 Å². The number of thioether (sulfide) groups is 1. The maximum Gasteiger partial charge on any atom is 0.230 e. The van der Waals surface area contributed by atoms with Gasteiger partial charge in [0.15, 0.2) is 0 Å². The zero-order chi connectivity index (χ0) is 19.1. The standard InChI is InChI=1S/C21H32ClN3OS/c1-27-16-21(26)23-19-6-2-17(3-7-19)10-11-24-12-14-25(15-13-24)20-8-4-18(22)5-9-20/h4-5,8-9,17,19H,2-3,6-7,10-16H2,1H3,(H,23,26). The van der Waals surface area contributed by atoms with Crippen molar-refractivity contribution in [2.45, 2.75) is 38.1 Å². The second-order valence-corrected chi connectivity index (χ2v) is 9.11. The molecule has 1 saturated heterocycles. The third kappa shape index (κ3) is 6.58. The van der Waals surface area contributed by atoms with Gasteiger partial charge in [-0.15, -0.1) is 0 Å². The first-order valence-corrected chi connectivity index (χ1v) is 11.9. The minimum atomic E-state index is 0.199. The first kappa shape index (κ1) is 20.8. The van der Waals surface area contributed by atoms with Crippen molar-refractivity contribution in [3.8, 4) is 0 Å². The molecule has 0 aromatic heterocycles. The van der Waals surface area contributed by atoms with Crippen molar-refractivity contribution in [3.05, 3.63) is 29.3 Å². The summed E-state index contributed by atoms with van der Waals surface area (Å²) in [6.45, 7) is 5.68. The number of piperazine rings is 1. The topological polar surface area (TPSA) is 35.6 Å². The largest absolute Gasteiger partial charge is 0.369 e. The summed E-state index contributed by atoms with van der Waals surface area (Å²) < 4.78 is 0. The Kier molecular flexibility index (Phi) is 8.16. The predicted molar refractivity (Wildman–Crippen MR) is 117 cm³/mol. The lowest BCUT2D eigenvalue weighted by Crippen LogP contribution is -2.47. The summed E-state index contributed by atoms with van der Waals surface area (Å²) in [6.07, 6.45) is 8.09. The number of hydrogen-bond donors (Lipinski definition) is 1. The second kappa shape index (κ2) is 10.6. The Balaban J connectivity index is 1.31. The lowest BCUT2D eigenvalue weighted by molar-refractivity contribution is -0.119. The highest BCUT2D eigenvalue weighted by molar-refractivity contribution is 7.99. The van der Waals surface area contributed by atoms with E-state index in [2.05, 4.69) is 27.2 Å². The van der Waals surface area contributed by atoms with E-state index in [0.717, 1.165) is 50.0 Å². The Labute approximate surface area is 173 Å². The van der Waals surface area contributed by atoms with E-state index in [1.165, 1.54) is 31.5 Å². The fourth-order valence-corrected chi connectivity index (χ4v) is 4.71. The van der Waals surface area contributed by atoms with Crippen LogP contribution in [0.2, 0.25) is 5.02 Å². The van der Waals surface area contributed by atoms with Crippen molar-refractivity contribution in [3.63, 3.8) is 0 Å². The van der Waals surface area contributed by atoms with Crippen molar-refractivity contribution in [2.75, 3.05) is 49.6 Å². The zero-order valence-corrected chi connectivity index (χ0v) is 17.9. The summed E-state index contributed by atoms with van der Waals surface area (Å²) in [5, 5.41) is 3.99. The van der Waals surface area contributed by atoms with E-state index < -0.39 is 0 Å². The smallest absolute Gasteiger partial charge is 0.230 e. The van der Waals surface area contributed by atoms with Gasteiger partial charge in [-0.1, -0.05) is 11.6 Å². The number of carbonyl (C=O) groups excluding carboxylic acids is 1. The van der Waals surface area contributed by atoms with E-state index in [0.29, 0.717) is 11.8 Å². The van der Waals surface area contributed by atoms with Crippen molar-refractivity contribution < 1.29 is 4.79 Å². The molecule has 27 heavy (non-hydrogen) atoms. The molecule has 0 radical (unpaired) electrons. The van der Waals surface area contributed by atoms with Crippen molar-refractivity contribution in [1.29, 1.82) is 0 Å². The number of nitrogens with one attached hydrogen (secondary N) is 1. The van der Waals surface area contributed by atoms with Crippen LogP contribution < -0.4 is 10.2 Å². The fourth-order valence-electron chi connectivity index (χ4n) is 4.24. The summed E-state index contributed by atoms with van der Waals surface area (Å²) in [5.41, 5.74) is 1.28. The highest BCUT2D eigenvalue weighted by Gasteiger charge is 2.23. The first-order chi connectivity index (χ1) is 13.1. The molecule has 1 aromatic carbocycles. The first-order valence-electron chi connectivity index (χ1n) is 10.1. The van der Waals surface area contributed by atoms with Gasteiger partial charge in [-0.3, -0.25) is 9.69 Å². The SMILES string of the molecule is CSCC(=O)NC1CCC(CCN2CCN(c3ccc(Cl)cc3)CC2)CC1. The lowest BCUT2D eigenvalue weighted by Gasteiger charge is -2.37. The van der Waals surface area contributed by atoms with Gasteiger partial charge in [-0.25, -0.2) is 0 Å². The van der Waals surface area contributed by atoms with Gasteiger partial charge >= 0.3 is 0 Å². The molecule has 1 saturated carbocycles. The Morgan fingerprint density at radius 1 is 1.11 bits per heavy atom. The Morgan fingerprint density at radius 3 is 2.41 bits per heavy atom. The molecule has 1 aromatic rings. The second-order valence-electron chi connectivity index (χ2n) is 7.81. The number of amides is 1. The average molecular weight is 410 g/mol. The average Bonchev–Trinajstić information content (AvgIpc) is 2.69. The van der Waals surface area contributed by atoms with Gasteiger partial charge in [0.1, 0.15) is 0 Å². The molecule has 1 amide bonds. The minimum absolute atomic E-state index is 0.199. The third-order valence-corrected chi connectivity index (χ3v) is 6.71. The van der Waals surface area contributed by atoms with Gasteiger partial charge < -0.3 is 10.2 Å². The number of nitrogens with zero attached hydrogens (tertiary/aromatic N) is 2. The molecule has 2 aliphatic rings. The number of hydrogen-bond acceptors (Lipinski definition) is 4. The highest BCUT2D eigenvalue weighted by Crippen LogP contribution is 2.27. The maximum atomic E-state index is 11.7. The van der Waals surface area contributed by atoms with Crippen molar-refractivity contribution in [1.82, 2.24) is 10.2 Å². The van der Waals surface area contributed by atoms with Gasteiger partial charge in [0.2, 0.25) is 5.91 Å². The van der Waals surface area contributed by atoms with Crippen LogP contribution in [-0.2, 0) is 4.79 Å². The molecule has 150 valence electrons. The van der Waals surface area contributed by atoms with Crippen LogP contribution in [0.4, 0.5) is 5.69 Å². The molecule has 6 heteroatoms. The molecular formula is C21H32ClN3OS. The van der Waals surface area contributed by atoms with Crippen LogP contribution in [0.15, 0.2) is 24.3 Å². The number of halogens is 1. The van der Waals surface area contributed by atoms with E-state index in [1.807, 2.05) is 18.4 Å². The number of rotatable bonds is 7. The molecule has 1 aliphatic heterocycles. The molecule has 0 unspecified atom stereocenters. The zero-order valence-electron chi connectivity index (χ0n) is 16.3. The van der Waals surface area contributed by atoms with Crippen LogP contribution in [-0.4, -0.2) is 61.6 Å². The Bertz CT molecular complexity index is 582. The van der Waals surface area contributed by atoms with E-state index >= 15 is 0 Å². The number of carbonyl (C=O) groups is 1. The van der Waals surface area contributed by atoms with Crippen LogP contribution >= 0.6 is 23.4 Å². The molecule has 4 nitrogen and oxygen atoms in total. The van der Waals surface area contributed by atoms with Gasteiger partial charge in [0, 0.05) is 42.9 Å². The van der Waals surface area contributed by atoms with E-state index in [1.54, 1.807) is 11.8 Å². The molecule has 1 N–H and O–H groups in total. The quantitative estimate of drug-likeness (QED) is 0.741. The lowest BCUT2D eigenvalue weighted by atomic mass is 9.84. The monoisotopic (exact) mass is 409 g/mol. The van der Waals surface area contributed by atoms with E-state index in [-0.39, 0.29) is 5.91 Å². The van der Waals surface area contributed by atoms with Crippen LogP contribution in [0.1, 0.15) is 32.1 Å². The minimum Gasteiger partial charge on any atom is -0.369 e. The molecular weight excluding hydrogens is 378 g/mol. The van der Waals surface area contributed by atoms with E-state index in [9.17, 15) is 4.79 Å². The van der Waals surface area contributed by atoms with E-state index in [4.69, 9.17) is 11.6 Å². The fraction of sp³-hybridized carbons (Fsp3) is 0.667. The van der Waals surface area contributed by atoms with Gasteiger partial charge in [-0.2, -0.15) is 11.8 Å². The van der Waals surface area contributed by atoms with Crippen LogP contribution in [0.3, 0.4) is 0 Å². The Morgan fingerprint density at radius 2 is 1.78 bits per heavy atom. The summed E-state index contributed by atoms with van der Waals surface area (Å²) in [5.74, 6) is 1.61. The van der Waals surface area contributed by atoms with Gasteiger partial charge in [0.05, 0.1) is 5.75 Å². The van der Waals surface area contributed by atoms with Gasteiger partial charge in [0.25, 0.3) is 0 Å². The number of benzene rings is 1. The summed E-state index contributed by atoms with van der Waals surface area (Å²) >= 11 is 7.58. The van der Waals surface area contributed by atoms with Crippen molar-refractivity contribution in [2.24, 2.45) is 5.92 Å². The highest BCUT2D eigenvalue weighted by atomic mass is 35.5. The molecule has 0 spiro atoms. The molecule has 1 heterocycles. The molecule has 0 atom stereocenters. The van der Waals surface area contributed by atoms with Crippen molar-refractivity contribution >= 4 is 35.0 Å². The molecule has 0 bridgehead atoms.